The number of aryl methyl sites for hydroxylation is 1. The van der Waals surface area contributed by atoms with Crippen molar-refractivity contribution in [3.63, 3.8) is 0 Å². The lowest BCUT2D eigenvalue weighted by Crippen LogP contribution is -2.17. The molecular weight excluding hydrogens is 227 g/mol. The Hall–Kier alpha value is -2.03. The van der Waals surface area contributed by atoms with E-state index in [2.05, 4.69) is 0 Å². The number of hydrogen-bond acceptors (Lipinski definition) is 2. The zero-order chi connectivity index (χ0) is 13.1. The van der Waals surface area contributed by atoms with Crippen molar-refractivity contribution >= 4 is 17.1 Å². The van der Waals surface area contributed by atoms with Crippen LogP contribution in [0.1, 0.15) is 12.5 Å². The third-order valence-electron chi connectivity index (χ3n) is 2.95. The van der Waals surface area contributed by atoms with Gasteiger partial charge in [0.05, 0.1) is 11.4 Å². The number of rotatable bonds is 3. The fourth-order valence-corrected chi connectivity index (χ4v) is 1.97. The molecule has 0 spiro atoms. The van der Waals surface area contributed by atoms with Gasteiger partial charge >= 0.3 is 0 Å². The summed E-state index contributed by atoms with van der Waals surface area (Å²) in [4.78, 5) is 2.00. The van der Waals surface area contributed by atoms with Gasteiger partial charge in [0.15, 0.2) is 0 Å². The van der Waals surface area contributed by atoms with E-state index in [0.717, 1.165) is 12.2 Å². The molecule has 18 heavy (non-hydrogen) atoms. The standard InChI is InChI=1S/C15H17FN2/c1-3-18(13-7-4-11(2)5-8-13)15-10-12(16)6-9-14(15)17/h4-10H,3,17H2,1-2H3. The first-order valence-corrected chi connectivity index (χ1v) is 6.01. The van der Waals surface area contributed by atoms with E-state index in [1.54, 1.807) is 6.07 Å². The van der Waals surface area contributed by atoms with E-state index >= 15 is 0 Å². The first-order chi connectivity index (χ1) is 8.61. The Morgan fingerprint density at radius 1 is 1.11 bits per heavy atom. The van der Waals surface area contributed by atoms with Crippen molar-refractivity contribution in [1.82, 2.24) is 0 Å². The molecule has 2 N–H and O–H groups in total. The van der Waals surface area contributed by atoms with Gasteiger partial charge in [0.25, 0.3) is 0 Å². The van der Waals surface area contributed by atoms with Crippen molar-refractivity contribution in [3.05, 3.63) is 53.8 Å². The van der Waals surface area contributed by atoms with Gasteiger partial charge in [-0.25, -0.2) is 4.39 Å². The Labute approximate surface area is 107 Å². The number of hydrogen-bond donors (Lipinski definition) is 1. The normalized spacial score (nSPS) is 10.4. The van der Waals surface area contributed by atoms with Crippen LogP contribution in [0.3, 0.4) is 0 Å². The summed E-state index contributed by atoms with van der Waals surface area (Å²) in [6.07, 6.45) is 0. The van der Waals surface area contributed by atoms with Crippen LogP contribution in [0.4, 0.5) is 21.5 Å². The van der Waals surface area contributed by atoms with Crippen LogP contribution < -0.4 is 10.6 Å². The highest BCUT2D eigenvalue weighted by atomic mass is 19.1. The van der Waals surface area contributed by atoms with Crippen molar-refractivity contribution in [3.8, 4) is 0 Å². The molecule has 0 unspecified atom stereocenters. The topological polar surface area (TPSA) is 29.3 Å². The number of anilines is 3. The van der Waals surface area contributed by atoms with Gasteiger partial charge in [-0.05, 0) is 44.2 Å². The second-order valence-electron chi connectivity index (χ2n) is 4.28. The molecule has 2 nitrogen and oxygen atoms in total. The predicted molar refractivity (Wildman–Crippen MR) is 74.7 cm³/mol. The van der Waals surface area contributed by atoms with E-state index in [1.165, 1.54) is 17.7 Å². The number of nitrogen functional groups attached to an aromatic ring is 1. The van der Waals surface area contributed by atoms with Crippen LogP contribution in [0.5, 0.6) is 0 Å². The van der Waals surface area contributed by atoms with Gasteiger partial charge in [-0.3, -0.25) is 0 Å². The Bertz CT molecular complexity index is 535. The zero-order valence-electron chi connectivity index (χ0n) is 10.7. The highest BCUT2D eigenvalue weighted by molar-refractivity contribution is 5.74. The first-order valence-electron chi connectivity index (χ1n) is 6.01. The molecule has 0 heterocycles. The van der Waals surface area contributed by atoms with Crippen LogP contribution in [0.15, 0.2) is 42.5 Å². The third kappa shape index (κ3) is 2.45. The fraction of sp³-hybridized carbons (Fsp3) is 0.200. The first kappa shape index (κ1) is 12.4. The number of nitrogens with zero attached hydrogens (tertiary/aromatic N) is 1. The second kappa shape index (κ2) is 5.08. The monoisotopic (exact) mass is 244 g/mol. The minimum Gasteiger partial charge on any atom is -0.397 e. The minimum atomic E-state index is -0.273. The molecule has 0 saturated heterocycles. The maximum atomic E-state index is 13.3. The fourth-order valence-electron chi connectivity index (χ4n) is 1.97. The van der Waals surface area contributed by atoms with Crippen LogP contribution in [0.2, 0.25) is 0 Å². The smallest absolute Gasteiger partial charge is 0.125 e. The molecule has 0 radical (unpaired) electrons. The van der Waals surface area contributed by atoms with Crippen molar-refractivity contribution in [2.45, 2.75) is 13.8 Å². The van der Waals surface area contributed by atoms with Gasteiger partial charge < -0.3 is 10.6 Å². The Balaban J connectivity index is 2.44. The van der Waals surface area contributed by atoms with Crippen LogP contribution in [0, 0.1) is 12.7 Å². The van der Waals surface area contributed by atoms with E-state index < -0.39 is 0 Å². The molecule has 94 valence electrons. The average molecular weight is 244 g/mol. The molecule has 0 aliphatic heterocycles. The van der Waals surface area contributed by atoms with Gasteiger partial charge in [0.1, 0.15) is 5.82 Å². The summed E-state index contributed by atoms with van der Waals surface area (Å²) in [5.41, 5.74) is 9.43. The molecule has 0 aliphatic carbocycles. The number of benzene rings is 2. The lowest BCUT2D eigenvalue weighted by atomic mass is 10.2. The maximum Gasteiger partial charge on any atom is 0.125 e. The van der Waals surface area contributed by atoms with E-state index in [-0.39, 0.29) is 5.82 Å². The molecule has 2 rings (SSSR count). The SMILES string of the molecule is CCN(c1ccc(C)cc1)c1cc(F)ccc1N. The lowest BCUT2D eigenvalue weighted by Gasteiger charge is -2.25. The maximum absolute atomic E-state index is 13.3. The molecule has 0 aromatic heterocycles. The molecule has 2 aromatic carbocycles. The Morgan fingerprint density at radius 3 is 2.39 bits per heavy atom. The van der Waals surface area contributed by atoms with Gasteiger partial charge in [0, 0.05) is 12.2 Å². The largest absolute Gasteiger partial charge is 0.397 e. The molecule has 0 bridgehead atoms. The molecule has 0 aliphatic rings. The zero-order valence-corrected chi connectivity index (χ0v) is 10.7. The van der Waals surface area contributed by atoms with Crippen LogP contribution >= 0.6 is 0 Å². The van der Waals surface area contributed by atoms with Crippen molar-refractivity contribution in [2.75, 3.05) is 17.2 Å². The Kier molecular flexibility index (Phi) is 3.51. The quantitative estimate of drug-likeness (QED) is 0.830. The van der Waals surface area contributed by atoms with Crippen LogP contribution in [-0.4, -0.2) is 6.54 Å². The molecule has 3 heteroatoms. The molecule has 2 aromatic rings. The van der Waals surface area contributed by atoms with Gasteiger partial charge in [-0.15, -0.1) is 0 Å². The molecular formula is C15H17FN2. The van der Waals surface area contributed by atoms with Crippen LogP contribution in [0.25, 0.3) is 0 Å². The second-order valence-corrected chi connectivity index (χ2v) is 4.28. The molecule has 0 atom stereocenters. The summed E-state index contributed by atoms with van der Waals surface area (Å²) in [5.74, 6) is -0.273. The summed E-state index contributed by atoms with van der Waals surface area (Å²) in [6.45, 7) is 4.79. The minimum absolute atomic E-state index is 0.273. The number of nitrogens with two attached hydrogens (primary N) is 1. The third-order valence-corrected chi connectivity index (χ3v) is 2.95. The van der Waals surface area contributed by atoms with E-state index in [1.807, 2.05) is 43.0 Å². The summed E-state index contributed by atoms with van der Waals surface area (Å²) in [6, 6.07) is 12.6. The van der Waals surface area contributed by atoms with Gasteiger partial charge in [-0.1, -0.05) is 17.7 Å². The van der Waals surface area contributed by atoms with E-state index in [0.29, 0.717) is 11.4 Å². The number of halogens is 1. The Morgan fingerprint density at radius 2 is 1.78 bits per heavy atom. The lowest BCUT2D eigenvalue weighted by molar-refractivity contribution is 0.628. The van der Waals surface area contributed by atoms with E-state index in [9.17, 15) is 4.39 Å². The summed E-state index contributed by atoms with van der Waals surface area (Å²) in [5, 5.41) is 0. The predicted octanol–water partition coefficient (Wildman–Crippen LogP) is 3.87. The van der Waals surface area contributed by atoms with Crippen molar-refractivity contribution in [2.24, 2.45) is 0 Å². The summed E-state index contributed by atoms with van der Waals surface area (Å²) < 4.78 is 13.3. The summed E-state index contributed by atoms with van der Waals surface area (Å²) in [7, 11) is 0. The molecule has 0 fully saturated rings. The average Bonchev–Trinajstić information content (AvgIpc) is 2.37. The summed E-state index contributed by atoms with van der Waals surface area (Å²) >= 11 is 0. The van der Waals surface area contributed by atoms with Gasteiger partial charge in [-0.2, -0.15) is 0 Å². The highest BCUT2D eigenvalue weighted by Crippen LogP contribution is 2.30. The molecule has 0 saturated carbocycles. The highest BCUT2D eigenvalue weighted by Gasteiger charge is 2.11. The van der Waals surface area contributed by atoms with Crippen molar-refractivity contribution in [1.29, 1.82) is 0 Å². The van der Waals surface area contributed by atoms with Crippen LogP contribution in [-0.2, 0) is 0 Å². The van der Waals surface area contributed by atoms with E-state index in [4.69, 9.17) is 5.73 Å². The van der Waals surface area contributed by atoms with Gasteiger partial charge in [0.2, 0.25) is 0 Å². The van der Waals surface area contributed by atoms with Crippen molar-refractivity contribution < 1.29 is 4.39 Å². The molecule has 0 amide bonds.